The molecule has 1 rings (SSSR count). The van der Waals surface area contributed by atoms with Gasteiger partial charge in [-0.3, -0.25) is 0 Å². The molecule has 2 atom stereocenters. The number of carbonyl (C=O) groups is 1. The molecule has 1 aromatic carbocycles. The summed E-state index contributed by atoms with van der Waals surface area (Å²) in [5, 5.41) is 0. The minimum Gasteiger partial charge on any atom is -0.371 e. The zero-order chi connectivity index (χ0) is 12.5. The number of hydrogen-bond acceptors (Lipinski definition) is 4. The van der Waals surface area contributed by atoms with Crippen molar-refractivity contribution < 1.29 is 19.0 Å². The van der Waals surface area contributed by atoms with Gasteiger partial charge in [0, 0.05) is 7.11 Å². The topological polar surface area (TPSA) is 44.8 Å². The Morgan fingerprint density at radius 1 is 1.24 bits per heavy atom. The molecule has 0 N–H and O–H groups in total. The van der Waals surface area contributed by atoms with Gasteiger partial charge in [0.05, 0.1) is 12.7 Å². The molecule has 0 saturated carbocycles. The Kier molecular flexibility index (Phi) is 6.47. The van der Waals surface area contributed by atoms with Crippen molar-refractivity contribution in [2.45, 2.75) is 25.7 Å². The van der Waals surface area contributed by atoms with Gasteiger partial charge in [-0.15, -0.1) is 0 Å². The Morgan fingerprint density at radius 2 is 1.94 bits per heavy atom. The molecule has 0 heterocycles. The Bertz CT molecular complexity index is 312. The fourth-order valence-electron chi connectivity index (χ4n) is 1.33. The third kappa shape index (κ3) is 5.08. The third-order valence-electron chi connectivity index (χ3n) is 2.33. The second kappa shape index (κ2) is 7.95. The van der Waals surface area contributed by atoms with Crippen LogP contribution in [0.1, 0.15) is 12.5 Å². The van der Waals surface area contributed by atoms with Gasteiger partial charge in [-0.1, -0.05) is 30.3 Å². The van der Waals surface area contributed by atoms with Crippen LogP contribution in [-0.4, -0.2) is 32.4 Å². The average molecular weight is 238 g/mol. The van der Waals surface area contributed by atoms with Gasteiger partial charge < -0.3 is 19.0 Å². The minimum absolute atomic E-state index is 0.0858. The molecule has 0 fully saturated rings. The van der Waals surface area contributed by atoms with E-state index in [1.165, 1.54) is 7.11 Å². The van der Waals surface area contributed by atoms with E-state index in [-0.39, 0.29) is 12.9 Å². The SMILES string of the molecule is COCO[C@@H](C=O)[C@H](C)OCc1ccccc1. The number of methoxy groups -OCH3 is 1. The van der Waals surface area contributed by atoms with Crippen molar-refractivity contribution in [2.24, 2.45) is 0 Å². The quantitative estimate of drug-likeness (QED) is 0.511. The molecular weight excluding hydrogens is 220 g/mol. The van der Waals surface area contributed by atoms with Crippen LogP contribution < -0.4 is 0 Å². The van der Waals surface area contributed by atoms with E-state index in [1.807, 2.05) is 30.3 Å². The van der Waals surface area contributed by atoms with Gasteiger partial charge in [0.25, 0.3) is 0 Å². The van der Waals surface area contributed by atoms with E-state index >= 15 is 0 Å². The molecule has 94 valence electrons. The summed E-state index contributed by atoms with van der Waals surface area (Å²) in [5.74, 6) is 0. The van der Waals surface area contributed by atoms with Crippen LogP contribution >= 0.6 is 0 Å². The van der Waals surface area contributed by atoms with Crippen LogP contribution in [-0.2, 0) is 25.6 Å². The Morgan fingerprint density at radius 3 is 2.53 bits per heavy atom. The fourth-order valence-corrected chi connectivity index (χ4v) is 1.33. The minimum atomic E-state index is -0.598. The molecule has 0 aliphatic carbocycles. The first-order chi connectivity index (χ1) is 8.27. The van der Waals surface area contributed by atoms with Crippen LogP contribution in [0.15, 0.2) is 30.3 Å². The molecule has 0 aliphatic heterocycles. The van der Waals surface area contributed by atoms with E-state index in [2.05, 4.69) is 0 Å². The first-order valence-corrected chi connectivity index (χ1v) is 5.49. The first-order valence-electron chi connectivity index (χ1n) is 5.49. The zero-order valence-corrected chi connectivity index (χ0v) is 10.2. The molecule has 0 amide bonds. The van der Waals surface area contributed by atoms with Gasteiger partial charge in [-0.05, 0) is 12.5 Å². The summed E-state index contributed by atoms with van der Waals surface area (Å²) in [6.07, 6.45) is -0.171. The second-order valence-corrected chi connectivity index (χ2v) is 3.68. The van der Waals surface area contributed by atoms with Gasteiger partial charge in [-0.25, -0.2) is 0 Å². The summed E-state index contributed by atoms with van der Waals surface area (Å²) in [7, 11) is 1.51. The zero-order valence-electron chi connectivity index (χ0n) is 10.2. The van der Waals surface area contributed by atoms with Crippen LogP contribution in [0.2, 0.25) is 0 Å². The van der Waals surface area contributed by atoms with Crippen molar-refractivity contribution in [2.75, 3.05) is 13.9 Å². The summed E-state index contributed by atoms with van der Waals surface area (Å²) in [6.45, 7) is 2.35. The maximum absolute atomic E-state index is 10.8. The molecule has 0 bridgehead atoms. The number of benzene rings is 1. The molecule has 1 aromatic rings. The van der Waals surface area contributed by atoms with Crippen LogP contribution in [0, 0.1) is 0 Å². The molecular formula is C13H18O4. The van der Waals surface area contributed by atoms with E-state index in [4.69, 9.17) is 14.2 Å². The van der Waals surface area contributed by atoms with Crippen molar-refractivity contribution in [3.05, 3.63) is 35.9 Å². The molecule has 4 heteroatoms. The molecule has 0 radical (unpaired) electrons. The third-order valence-corrected chi connectivity index (χ3v) is 2.33. The number of carbonyl (C=O) groups excluding carboxylic acids is 1. The van der Waals surface area contributed by atoms with Crippen molar-refractivity contribution in [1.29, 1.82) is 0 Å². The number of aldehydes is 1. The predicted molar refractivity (Wildman–Crippen MR) is 63.5 cm³/mol. The lowest BCUT2D eigenvalue weighted by atomic mass is 10.2. The van der Waals surface area contributed by atoms with Crippen molar-refractivity contribution in [3.63, 3.8) is 0 Å². The van der Waals surface area contributed by atoms with Crippen LogP contribution in [0.5, 0.6) is 0 Å². The van der Waals surface area contributed by atoms with Crippen LogP contribution in [0.4, 0.5) is 0 Å². The number of ether oxygens (including phenoxy) is 3. The number of rotatable bonds is 8. The van der Waals surface area contributed by atoms with Crippen molar-refractivity contribution in [1.82, 2.24) is 0 Å². The molecule has 4 nitrogen and oxygen atoms in total. The monoisotopic (exact) mass is 238 g/mol. The fraction of sp³-hybridized carbons (Fsp3) is 0.462. The molecule has 0 spiro atoms. The van der Waals surface area contributed by atoms with Crippen molar-refractivity contribution >= 4 is 6.29 Å². The van der Waals surface area contributed by atoms with Gasteiger partial charge in [-0.2, -0.15) is 0 Å². The smallest absolute Gasteiger partial charge is 0.151 e. The molecule has 0 saturated heterocycles. The van der Waals surface area contributed by atoms with E-state index in [1.54, 1.807) is 6.92 Å². The van der Waals surface area contributed by atoms with Crippen molar-refractivity contribution in [3.8, 4) is 0 Å². The highest BCUT2D eigenvalue weighted by atomic mass is 16.7. The molecule has 17 heavy (non-hydrogen) atoms. The van der Waals surface area contributed by atoms with Crippen LogP contribution in [0.3, 0.4) is 0 Å². The Hall–Kier alpha value is -1.23. The predicted octanol–water partition coefficient (Wildman–Crippen LogP) is 1.78. The largest absolute Gasteiger partial charge is 0.371 e. The molecule has 0 aromatic heterocycles. The molecule has 0 unspecified atom stereocenters. The first kappa shape index (κ1) is 13.8. The van der Waals surface area contributed by atoms with E-state index in [9.17, 15) is 4.79 Å². The average Bonchev–Trinajstić information content (AvgIpc) is 2.38. The van der Waals surface area contributed by atoms with Crippen LogP contribution in [0.25, 0.3) is 0 Å². The Balaban J connectivity index is 2.36. The highest BCUT2D eigenvalue weighted by Crippen LogP contribution is 2.07. The lowest BCUT2D eigenvalue weighted by molar-refractivity contribution is -0.146. The van der Waals surface area contributed by atoms with E-state index < -0.39 is 6.10 Å². The summed E-state index contributed by atoms with van der Waals surface area (Å²) in [5.41, 5.74) is 1.07. The second-order valence-electron chi connectivity index (χ2n) is 3.68. The van der Waals surface area contributed by atoms with Gasteiger partial charge in [0.15, 0.2) is 6.29 Å². The summed E-state index contributed by atoms with van der Waals surface area (Å²) < 4.78 is 15.5. The summed E-state index contributed by atoms with van der Waals surface area (Å²) in [4.78, 5) is 10.8. The number of hydrogen-bond donors (Lipinski definition) is 0. The standard InChI is InChI=1S/C13H18O4/c1-11(13(8-14)17-10-15-2)16-9-12-6-4-3-5-7-12/h3-8,11,13H,9-10H2,1-2H3/t11-,13-/m0/s1. The van der Waals surface area contributed by atoms with E-state index in [0.29, 0.717) is 6.61 Å². The lowest BCUT2D eigenvalue weighted by Crippen LogP contribution is -2.31. The highest BCUT2D eigenvalue weighted by Gasteiger charge is 2.17. The Labute approximate surface area is 101 Å². The summed E-state index contributed by atoms with van der Waals surface area (Å²) in [6, 6.07) is 9.78. The van der Waals surface area contributed by atoms with Gasteiger partial charge in [0.2, 0.25) is 0 Å². The van der Waals surface area contributed by atoms with E-state index in [0.717, 1.165) is 11.8 Å². The normalized spacial score (nSPS) is 14.2. The lowest BCUT2D eigenvalue weighted by Gasteiger charge is -2.19. The molecule has 0 aliphatic rings. The summed E-state index contributed by atoms with van der Waals surface area (Å²) >= 11 is 0. The highest BCUT2D eigenvalue weighted by molar-refractivity contribution is 5.56. The maximum atomic E-state index is 10.8. The maximum Gasteiger partial charge on any atom is 0.151 e. The van der Waals surface area contributed by atoms with Gasteiger partial charge >= 0.3 is 0 Å². The van der Waals surface area contributed by atoms with Gasteiger partial charge in [0.1, 0.15) is 12.9 Å².